The lowest BCUT2D eigenvalue weighted by atomic mass is 9.87. The van der Waals surface area contributed by atoms with Gasteiger partial charge in [-0.15, -0.1) is 0 Å². The van der Waals surface area contributed by atoms with E-state index in [9.17, 15) is 0 Å². The fourth-order valence-electron chi connectivity index (χ4n) is 1.08. The lowest BCUT2D eigenvalue weighted by molar-refractivity contribution is 0.359. The maximum Gasteiger partial charge on any atom is 0.147 e. The normalized spacial score (nSPS) is 13.0. The highest BCUT2D eigenvalue weighted by Crippen LogP contribution is 2.48. The Hall–Kier alpha value is -0.200. The molecule has 0 spiro atoms. The summed E-state index contributed by atoms with van der Waals surface area (Å²) in [5, 5.41) is 0. The molecule has 1 aromatic rings. The molecule has 0 atom stereocenters. The van der Waals surface area contributed by atoms with Crippen molar-refractivity contribution in [2.24, 2.45) is 5.41 Å². The number of hydrogen-bond acceptors (Lipinski definition) is 0. The zero-order chi connectivity index (χ0) is 10.1. The van der Waals surface area contributed by atoms with Crippen LogP contribution in [0, 0.1) is 5.41 Å². The van der Waals surface area contributed by atoms with Gasteiger partial charge in [-0.2, -0.15) is 0 Å². The van der Waals surface area contributed by atoms with Crippen LogP contribution in [-0.2, 0) is 4.33 Å². The Morgan fingerprint density at radius 3 is 1.77 bits per heavy atom. The highest BCUT2D eigenvalue weighted by Gasteiger charge is 2.39. The molecule has 72 valence electrons. The number of alkyl halides is 2. The first-order valence-electron chi connectivity index (χ1n) is 4.29. The van der Waals surface area contributed by atoms with E-state index in [1.807, 2.05) is 51.1 Å². The van der Waals surface area contributed by atoms with Crippen LogP contribution in [0.25, 0.3) is 0 Å². The van der Waals surface area contributed by atoms with Crippen LogP contribution in [0.4, 0.5) is 0 Å². The first kappa shape index (κ1) is 10.9. The second-order valence-corrected chi connectivity index (χ2v) is 5.52. The van der Waals surface area contributed by atoms with Gasteiger partial charge in [0.2, 0.25) is 0 Å². The molecule has 0 unspecified atom stereocenters. The van der Waals surface area contributed by atoms with Gasteiger partial charge in [0, 0.05) is 0 Å². The van der Waals surface area contributed by atoms with Crippen LogP contribution in [-0.4, -0.2) is 0 Å². The summed E-state index contributed by atoms with van der Waals surface area (Å²) >= 11 is 12.6. The molecule has 0 saturated heterocycles. The summed E-state index contributed by atoms with van der Waals surface area (Å²) in [4.78, 5) is 0. The molecule has 0 aliphatic heterocycles. The van der Waals surface area contributed by atoms with E-state index < -0.39 is 4.33 Å². The molecule has 0 saturated carbocycles. The topological polar surface area (TPSA) is 0 Å². The molecule has 1 aromatic carbocycles. The Labute approximate surface area is 89.9 Å². The van der Waals surface area contributed by atoms with Gasteiger partial charge in [0.1, 0.15) is 4.33 Å². The van der Waals surface area contributed by atoms with Gasteiger partial charge in [0.25, 0.3) is 0 Å². The zero-order valence-corrected chi connectivity index (χ0v) is 9.65. The summed E-state index contributed by atoms with van der Waals surface area (Å²) in [7, 11) is 0. The van der Waals surface area contributed by atoms with E-state index in [0.717, 1.165) is 5.56 Å². The summed E-state index contributed by atoms with van der Waals surface area (Å²) in [5.41, 5.74) is 0.781. The minimum absolute atomic E-state index is 0.169. The third-order valence-electron chi connectivity index (χ3n) is 2.08. The van der Waals surface area contributed by atoms with Crippen molar-refractivity contribution in [2.75, 3.05) is 0 Å². The van der Waals surface area contributed by atoms with Crippen LogP contribution in [0.1, 0.15) is 26.3 Å². The zero-order valence-electron chi connectivity index (χ0n) is 8.14. The molecule has 0 nitrogen and oxygen atoms in total. The van der Waals surface area contributed by atoms with Gasteiger partial charge in [-0.1, -0.05) is 74.3 Å². The number of halogens is 2. The Bertz CT molecular complexity index is 270. The molecule has 2 heteroatoms. The van der Waals surface area contributed by atoms with Crippen molar-refractivity contribution in [3.05, 3.63) is 35.9 Å². The van der Waals surface area contributed by atoms with Gasteiger partial charge >= 0.3 is 0 Å². The van der Waals surface area contributed by atoms with Gasteiger partial charge in [-0.05, 0) is 11.0 Å². The van der Waals surface area contributed by atoms with Gasteiger partial charge < -0.3 is 0 Å². The first-order chi connectivity index (χ1) is 5.86. The molecule has 0 N–H and O–H groups in total. The first-order valence-corrected chi connectivity index (χ1v) is 5.04. The maximum atomic E-state index is 6.30. The van der Waals surface area contributed by atoms with E-state index in [0.29, 0.717) is 0 Å². The van der Waals surface area contributed by atoms with Gasteiger partial charge in [0.15, 0.2) is 0 Å². The molecule has 0 bridgehead atoms. The molecule has 0 aliphatic rings. The minimum Gasteiger partial charge on any atom is -0.0957 e. The van der Waals surface area contributed by atoms with Gasteiger partial charge in [-0.25, -0.2) is 0 Å². The monoisotopic (exact) mass is 216 g/mol. The average molecular weight is 217 g/mol. The molecule has 1 rings (SSSR count). The van der Waals surface area contributed by atoms with Crippen LogP contribution >= 0.6 is 23.2 Å². The molecular formula is C11H14Cl2. The molecule has 0 aromatic heterocycles. The average Bonchev–Trinajstić information content (AvgIpc) is 2.04. The van der Waals surface area contributed by atoms with E-state index in [1.165, 1.54) is 0 Å². The second kappa shape index (κ2) is 3.51. The van der Waals surface area contributed by atoms with Crippen LogP contribution in [0.3, 0.4) is 0 Å². The lowest BCUT2D eigenvalue weighted by Crippen LogP contribution is -2.28. The highest BCUT2D eigenvalue weighted by atomic mass is 35.5. The fourth-order valence-corrected chi connectivity index (χ4v) is 1.33. The molecule has 0 aliphatic carbocycles. The summed E-state index contributed by atoms with van der Waals surface area (Å²) in [5.74, 6) is 0. The largest absolute Gasteiger partial charge is 0.147 e. The summed E-state index contributed by atoms with van der Waals surface area (Å²) in [6, 6.07) is 9.74. The maximum absolute atomic E-state index is 6.30. The minimum atomic E-state index is -0.825. The number of hydrogen-bond donors (Lipinski definition) is 0. The second-order valence-electron chi connectivity index (χ2n) is 4.19. The predicted molar refractivity (Wildman–Crippen MR) is 59.3 cm³/mol. The molecule has 0 heterocycles. The van der Waals surface area contributed by atoms with Crippen LogP contribution in [0.5, 0.6) is 0 Å². The fraction of sp³-hybridized carbons (Fsp3) is 0.455. The molecule has 0 radical (unpaired) electrons. The van der Waals surface area contributed by atoms with Crippen molar-refractivity contribution in [3.63, 3.8) is 0 Å². The molecule has 13 heavy (non-hydrogen) atoms. The van der Waals surface area contributed by atoms with Crippen molar-refractivity contribution < 1.29 is 0 Å². The van der Waals surface area contributed by atoms with Crippen LogP contribution in [0.15, 0.2) is 30.3 Å². The van der Waals surface area contributed by atoms with Crippen LogP contribution < -0.4 is 0 Å². The highest BCUT2D eigenvalue weighted by molar-refractivity contribution is 6.48. The van der Waals surface area contributed by atoms with Gasteiger partial charge in [-0.3, -0.25) is 0 Å². The van der Waals surface area contributed by atoms with E-state index in [-0.39, 0.29) is 5.41 Å². The molecule has 0 fully saturated rings. The third kappa shape index (κ3) is 2.18. The SMILES string of the molecule is CC(C)(C)C(Cl)(Cl)c1ccccc1. The van der Waals surface area contributed by atoms with Crippen LogP contribution in [0.2, 0.25) is 0 Å². The standard InChI is InChI=1S/C11H14Cl2/c1-10(2,3)11(12,13)9-7-5-4-6-8-9/h4-8H,1-3H3. The van der Waals surface area contributed by atoms with Crippen molar-refractivity contribution in [2.45, 2.75) is 25.1 Å². The predicted octanol–water partition coefficient (Wildman–Crippen LogP) is 4.36. The third-order valence-corrected chi connectivity index (χ3v) is 3.65. The van der Waals surface area contributed by atoms with E-state index in [2.05, 4.69) is 0 Å². The van der Waals surface area contributed by atoms with E-state index >= 15 is 0 Å². The summed E-state index contributed by atoms with van der Waals surface area (Å²) in [6.45, 7) is 6.08. The quantitative estimate of drug-likeness (QED) is 0.613. The van der Waals surface area contributed by atoms with E-state index in [1.54, 1.807) is 0 Å². The van der Waals surface area contributed by atoms with Crippen molar-refractivity contribution in [3.8, 4) is 0 Å². The van der Waals surface area contributed by atoms with Crippen molar-refractivity contribution in [1.29, 1.82) is 0 Å². The van der Waals surface area contributed by atoms with E-state index in [4.69, 9.17) is 23.2 Å². The smallest absolute Gasteiger partial charge is 0.0957 e. The Morgan fingerprint density at radius 2 is 1.38 bits per heavy atom. The summed E-state index contributed by atoms with van der Waals surface area (Å²) in [6.07, 6.45) is 0. The Morgan fingerprint density at radius 1 is 0.923 bits per heavy atom. The Kier molecular flexibility index (Phi) is 2.94. The Balaban J connectivity index is 3.08. The van der Waals surface area contributed by atoms with Crippen molar-refractivity contribution in [1.82, 2.24) is 0 Å². The number of benzene rings is 1. The summed E-state index contributed by atoms with van der Waals surface area (Å²) < 4.78 is -0.825. The lowest BCUT2D eigenvalue weighted by Gasteiger charge is -2.34. The number of rotatable bonds is 1. The van der Waals surface area contributed by atoms with Crippen molar-refractivity contribution >= 4 is 23.2 Å². The molecular weight excluding hydrogens is 203 g/mol. The molecule has 0 amide bonds. The van der Waals surface area contributed by atoms with Gasteiger partial charge in [0.05, 0.1) is 0 Å².